The van der Waals surface area contributed by atoms with Crippen LogP contribution in [-0.4, -0.2) is 42.0 Å². The van der Waals surface area contributed by atoms with E-state index in [1.54, 1.807) is 19.1 Å². The van der Waals surface area contributed by atoms with Crippen LogP contribution in [0.2, 0.25) is 0 Å². The van der Waals surface area contributed by atoms with Gasteiger partial charge in [-0.2, -0.15) is 0 Å². The maximum Gasteiger partial charge on any atom is 0.335 e. The summed E-state index contributed by atoms with van der Waals surface area (Å²) in [5, 5.41) is 15.2. The van der Waals surface area contributed by atoms with Gasteiger partial charge in [-0.1, -0.05) is 11.2 Å². The molecule has 7 heteroatoms. The van der Waals surface area contributed by atoms with Crippen LogP contribution in [0.15, 0.2) is 29.4 Å². The summed E-state index contributed by atoms with van der Waals surface area (Å²) in [7, 11) is 0. The van der Waals surface area contributed by atoms with Crippen molar-refractivity contribution in [3.63, 3.8) is 0 Å². The highest BCUT2D eigenvalue weighted by Gasteiger charge is 2.25. The maximum atomic E-state index is 11.7. The minimum atomic E-state index is -1.01. The van der Waals surface area contributed by atoms with Gasteiger partial charge in [0.15, 0.2) is 0 Å². The van der Waals surface area contributed by atoms with Crippen LogP contribution in [0.5, 0.6) is 5.75 Å². The van der Waals surface area contributed by atoms with Crippen LogP contribution in [-0.2, 0) is 9.63 Å². The summed E-state index contributed by atoms with van der Waals surface area (Å²) < 4.78 is 5.38. The average molecular weight is 292 g/mol. The van der Waals surface area contributed by atoms with Crippen LogP contribution in [0.3, 0.4) is 0 Å². The Morgan fingerprint density at radius 3 is 3.00 bits per heavy atom. The van der Waals surface area contributed by atoms with Crippen LogP contribution in [0.25, 0.3) is 0 Å². The van der Waals surface area contributed by atoms with Gasteiger partial charge in [-0.25, -0.2) is 4.79 Å². The standard InChI is InChI=1S/C14H16N2O5/c1-9-7-12(21-16-9)13(17)15-5-6-20-11-4-2-3-10(8-11)14(18)19/h2-4,8,12H,5-7H2,1H3,(H,15,17)(H,18,19). The first kappa shape index (κ1) is 14.8. The molecule has 1 aromatic carbocycles. The highest BCUT2D eigenvalue weighted by atomic mass is 16.6. The van der Waals surface area contributed by atoms with Gasteiger partial charge in [-0.15, -0.1) is 0 Å². The van der Waals surface area contributed by atoms with Gasteiger partial charge in [0.05, 0.1) is 17.8 Å². The Morgan fingerprint density at radius 1 is 1.52 bits per heavy atom. The van der Waals surface area contributed by atoms with E-state index < -0.39 is 12.1 Å². The van der Waals surface area contributed by atoms with E-state index in [0.29, 0.717) is 18.7 Å². The molecule has 0 saturated carbocycles. The number of nitrogens with one attached hydrogen (secondary N) is 1. The molecule has 0 bridgehead atoms. The largest absolute Gasteiger partial charge is 0.492 e. The molecule has 0 saturated heterocycles. The second kappa shape index (κ2) is 6.74. The number of aromatic carboxylic acids is 1. The van der Waals surface area contributed by atoms with Crippen LogP contribution < -0.4 is 10.1 Å². The van der Waals surface area contributed by atoms with Gasteiger partial charge in [-0.05, 0) is 25.1 Å². The Balaban J connectivity index is 1.71. The molecule has 1 atom stereocenters. The summed E-state index contributed by atoms with van der Waals surface area (Å²) in [5.41, 5.74) is 0.945. The number of ether oxygens (including phenoxy) is 1. The number of benzene rings is 1. The minimum absolute atomic E-state index is 0.156. The molecule has 2 N–H and O–H groups in total. The zero-order valence-corrected chi connectivity index (χ0v) is 11.5. The maximum absolute atomic E-state index is 11.7. The lowest BCUT2D eigenvalue weighted by atomic mass is 10.2. The number of carboxylic acid groups (broad SMARTS) is 1. The van der Waals surface area contributed by atoms with E-state index in [9.17, 15) is 9.59 Å². The fourth-order valence-electron chi connectivity index (χ4n) is 1.81. The molecule has 21 heavy (non-hydrogen) atoms. The fraction of sp³-hybridized carbons (Fsp3) is 0.357. The first-order chi connectivity index (χ1) is 10.1. The van der Waals surface area contributed by atoms with E-state index >= 15 is 0 Å². The second-order valence-electron chi connectivity index (χ2n) is 4.60. The predicted molar refractivity (Wildman–Crippen MR) is 74.5 cm³/mol. The summed E-state index contributed by atoms with van der Waals surface area (Å²) in [6.45, 7) is 2.34. The molecular weight excluding hydrogens is 276 g/mol. The van der Waals surface area contributed by atoms with Gasteiger partial charge in [0.25, 0.3) is 5.91 Å². The van der Waals surface area contributed by atoms with Crippen molar-refractivity contribution in [2.45, 2.75) is 19.4 Å². The first-order valence-electron chi connectivity index (χ1n) is 6.49. The van der Waals surface area contributed by atoms with Gasteiger partial charge in [0, 0.05) is 6.42 Å². The van der Waals surface area contributed by atoms with E-state index in [2.05, 4.69) is 10.5 Å². The molecule has 0 spiro atoms. The highest BCUT2D eigenvalue weighted by Crippen LogP contribution is 2.13. The fourth-order valence-corrected chi connectivity index (χ4v) is 1.81. The topological polar surface area (TPSA) is 97.2 Å². The average Bonchev–Trinajstić information content (AvgIpc) is 2.90. The lowest BCUT2D eigenvalue weighted by Gasteiger charge is -2.10. The summed E-state index contributed by atoms with van der Waals surface area (Å²) in [6.07, 6.45) is -0.0757. The van der Waals surface area contributed by atoms with Gasteiger partial charge < -0.3 is 20.0 Å². The Morgan fingerprint density at radius 2 is 2.33 bits per heavy atom. The molecule has 2 rings (SSSR count). The number of carboxylic acids is 1. The van der Waals surface area contributed by atoms with Crippen molar-refractivity contribution in [3.05, 3.63) is 29.8 Å². The number of hydrogen-bond acceptors (Lipinski definition) is 5. The molecule has 1 unspecified atom stereocenters. The van der Waals surface area contributed by atoms with Crippen LogP contribution in [0.4, 0.5) is 0 Å². The zero-order chi connectivity index (χ0) is 15.2. The number of hydrogen-bond donors (Lipinski definition) is 2. The molecule has 1 aromatic rings. The number of oxime groups is 1. The van der Waals surface area contributed by atoms with E-state index in [1.165, 1.54) is 12.1 Å². The molecule has 0 aliphatic carbocycles. The second-order valence-corrected chi connectivity index (χ2v) is 4.60. The lowest BCUT2D eigenvalue weighted by molar-refractivity contribution is -0.131. The number of carbonyl (C=O) groups excluding carboxylic acids is 1. The summed E-state index contributed by atoms with van der Waals surface area (Å²) >= 11 is 0. The molecule has 7 nitrogen and oxygen atoms in total. The smallest absolute Gasteiger partial charge is 0.335 e. The molecule has 0 radical (unpaired) electrons. The van der Waals surface area contributed by atoms with Crippen molar-refractivity contribution in [3.8, 4) is 5.75 Å². The van der Waals surface area contributed by atoms with Crippen molar-refractivity contribution in [1.82, 2.24) is 5.32 Å². The first-order valence-corrected chi connectivity index (χ1v) is 6.49. The molecule has 0 fully saturated rings. The molecule has 1 amide bonds. The number of rotatable bonds is 6. The molecule has 0 aromatic heterocycles. The quantitative estimate of drug-likeness (QED) is 0.764. The molecular formula is C14H16N2O5. The third-order valence-corrected chi connectivity index (χ3v) is 2.86. The van der Waals surface area contributed by atoms with Crippen LogP contribution in [0.1, 0.15) is 23.7 Å². The van der Waals surface area contributed by atoms with E-state index in [-0.39, 0.29) is 18.1 Å². The lowest BCUT2D eigenvalue weighted by Crippen LogP contribution is -2.36. The van der Waals surface area contributed by atoms with Crippen LogP contribution in [0, 0.1) is 0 Å². The van der Waals surface area contributed by atoms with Crippen molar-refractivity contribution < 1.29 is 24.3 Å². The SMILES string of the molecule is CC1=NOC(C(=O)NCCOc2cccc(C(=O)O)c2)C1. The molecule has 112 valence electrons. The normalized spacial score (nSPS) is 16.8. The molecule has 1 aliphatic heterocycles. The Hall–Kier alpha value is -2.57. The van der Waals surface area contributed by atoms with Crippen molar-refractivity contribution in [1.29, 1.82) is 0 Å². The van der Waals surface area contributed by atoms with Crippen molar-refractivity contribution >= 4 is 17.6 Å². The van der Waals surface area contributed by atoms with Gasteiger partial charge in [0.2, 0.25) is 6.10 Å². The summed E-state index contributed by atoms with van der Waals surface area (Å²) in [6, 6.07) is 6.17. The van der Waals surface area contributed by atoms with E-state index in [4.69, 9.17) is 14.7 Å². The van der Waals surface area contributed by atoms with Crippen molar-refractivity contribution in [2.75, 3.05) is 13.2 Å². The molecule has 1 heterocycles. The number of nitrogens with zero attached hydrogens (tertiary/aromatic N) is 1. The monoisotopic (exact) mass is 292 g/mol. The highest BCUT2D eigenvalue weighted by molar-refractivity contribution is 5.91. The Labute approximate surface area is 121 Å². The third-order valence-electron chi connectivity index (χ3n) is 2.86. The Bertz CT molecular complexity index is 570. The van der Waals surface area contributed by atoms with Gasteiger partial charge >= 0.3 is 5.97 Å². The third kappa shape index (κ3) is 4.20. The predicted octanol–water partition coefficient (Wildman–Crippen LogP) is 1.04. The van der Waals surface area contributed by atoms with Gasteiger partial charge in [-0.3, -0.25) is 4.79 Å². The van der Waals surface area contributed by atoms with Gasteiger partial charge in [0.1, 0.15) is 12.4 Å². The Kier molecular flexibility index (Phi) is 4.76. The van der Waals surface area contributed by atoms with Crippen molar-refractivity contribution in [2.24, 2.45) is 5.16 Å². The van der Waals surface area contributed by atoms with Crippen LogP contribution >= 0.6 is 0 Å². The molecule has 1 aliphatic rings. The summed E-state index contributed by atoms with van der Waals surface area (Å²) in [4.78, 5) is 27.5. The minimum Gasteiger partial charge on any atom is -0.492 e. The number of carbonyl (C=O) groups is 2. The van der Waals surface area contributed by atoms with E-state index in [0.717, 1.165) is 5.71 Å². The summed E-state index contributed by atoms with van der Waals surface area (Å²) in [5.74, 6) is -0.804. The van der Waals surface area contributed by atoms with E-state index in [1.807, 2.05) is 0 Å². The number of amides is 1. The zero-order valence-electron chi connectivity index (χ0n) is 11.5.